The summed E-state index contributed by atoms with van der Waals surface area (Å²) >= 11 is 0. The maximum atomic E-state index is 13.0. The molecule has 0 radical (unpaired) electrons. The van der Waals surface area contributed by atoms with Crippen LogP contribution in [0.2, 0.25) is 0 Å². The van der Waals surface area contributed by atoms with Crippen LogP contribution in [-0.2, 0) is 11.2 Å². The molecule has 2 aromatic rings. The van der Waals surface area contributed by atoms with Crippen molar-refractivity contribution in [1.29, 1.82) is 0 Å². The SMILES string of the molecule is Cc1ccc(C(C(=O)N(C)CCc2c(C)n[nH]c2C)N(C)C)cc1. The van der Waals surface area contributed by atoms with Gasteiger partial charge >= 0.3 is 0 Å². The summed E-state index contributed by atoms with van der Waals surface area (Å²) in [6.45, 7) is 6.75. The van der Waals surface area contributed by atoms with Gasteiger partial charge in [0.25, 0.3) is 0 Å². The highest BCUT2D eigenvalue weighted by molar-refractivity contribution is 5.83. The molecule has 0 bridgehead atoms. The van der Waals surface area contributed by atoms with E-state index >= 15 is 0 Å². The number of H-pyrrole nitrogens is 1. The maximum absolute atomic E-state index is 13.0. The fourth-order valence-corrected chi connectivity index (χ4v) is 2.95. The largest absolute Gasteiger partial charge is 0.344 e. The zero-order valence-electron chi connectivity index (χ0n) is 15.6. The van der Waals surface area contributed by atoms with Gasteiger partial charge in [0.2, 0.25) is 5.91 Å². The van der Waals surface area contributed by atoms with Gasteiger partial charge in [-0.05, 0) is 52.4 Å². The van der Waals surface area contributed by atoms with Crippen LogP contribution in [0.15, 0.2) is 24.3 Å². The number of nitrogens with one attached hydrogen (secondary N) is 1. The third kappa shape index (κ3) is 4.03. The topological polar surface area (TPSA) is 52.2 Å². The fourth-order valence-electron chi connectivity index (χ4n) is 2.95. The Morgan fingerprint density at radius 2 is 1.75 bits per heavy atom. The summed E-state index contributed by atoms with van der Waals surface area (Å²) in [5, 5.41) is 7.22. The molecule has 1 N–H and O–H groups in total. The molecular formula is C19H28N4O. The Kier molecular flexibility index (Phi) is 5.78. The van der Waals surface area contributed by atoms with Gasteiger partial charge in [-0.1, -0.05) is 29.8 Å². The molecule has 0 aliphatic carbocycles. The molecule has 0 aliphatic rings. The average Bonchev–Trinajstić information content (AvgIpc) is 2.85. The summed E-state index contributed by atoms with van der Waals surface area (Å²) in [5.74, 6) is 0.114. The Morgan fingerprint density at radius 3 is 2.25 bits per heavy atom. The van der Waals surface area contributed by atoms with Crippen LogP contribution >= 0.6 is 0 Å². The molecule has 1 unspecified atom stereocenters. The van der Waals surface area contributed by atoms with Gasteiger partial charge in [-0.25, -0.2) is 0 Å². The molecule has 1 aromatic carbocycles. The lowest BCUT2D eigenvalue weighted by molar-refractivity contribution is -0.135. The van der Waals surface area contributed by atoms with Gasteiger partial charge in [-0.2, -0.15) is 5.10 Å². The quantitative estimate of drug-likeness (QED) is 0.887. The highest BCUT2D eigenvalue weighted by Gasteiger charge is 2.26. The Bertz CT molecular complexity index is 668. The number of carbonyl (C=O) groups excluding carboxylic acids is 1. The minimum absolute atomic E-state index is 0.114. The monoisotopic (exact) mass is 328 g/mol. The molecule has 0 spiro atoms. The standard InChI is InChI=1S/C19H28N4O/c1-13-7-9-16(10-8-13)18(22(4)5)19(24)23(6)12-11-17-14(2)20-21-15(17)3/h7-10,18H,11-12H2,1-6H3,(H,20,21). The molecule has 1 atom stereocenters. The van der Waals surface area contributed by atoms with Crippen LogP contribution in [0.4, 0.5) is 0 Å². The van der Waals surface area contributed by atoms with Crippen LogP contribution in [0.1, 0.15) is 34.1 Å². The first kappa shape index (κ1) is 18.2. The van der Waals surface area contributed by atoms with Crippen molar-refractivity contribution >= 4 is 5.91 Å². The molecule has 130 valence electrons. The minimum Gasteiger partial charge on any atom is -0.344 e. The van der Waals surface area contributed by atoms with Gasteiger partial charge in [0, 0.05) is 19.3 Å². The van der Waals surface area contributed by atoms with Gasteiger partial charge in [-0.3, -0.25) is 14.8 Å². The molecule has 24 heavy (non-hydrogen) atoms. The number of likely N-dealkylation sites (N-methyl/N-ethyl adjacent to an activating group) is 2. The fraction of sp³-hybridized carbons (Fsp3) is 0.474. The molecule has 5 nitrogen and oxygen atoms in total. The van der Waals surface area contributed by atoms with Gasteiger partial charge in [0.15, 0.2) is 0 Å². The van der Waals surface area contributed by atoms with Crippen molar-refractivity contribution in [1.82, 2.24) is 20.0 Å². The second-order valence-corrected chi connectivity index (χ2v) is 6.70. The van der Waals surface area contributed by atoms with Gasteiger partial charge in [-0.15, -0.1) is 0 Å². The molecule has 0 saturated heterocycles. The van der Waals surface area contributed by atoms with Crippen molar-refractivity contribution in [3.63, 3.8) is 0 Å². The van der Waals surface area contributed by atoms with E-state index in [1.54, 1.807) is 0 Å². The molecular weight excluding hydrogens is 300 g/mol. The first-order chi connectivity index (χ1) is 11.3. The Balaban J connectivity index is 2.10. The summed E-state index contributed by atoms with van der Waals surface area (Å²) in [7, 11) is 5.76. The highest BCUT2D eigenvalue weighted by Crippen LogP contribution is 2.21. The van der Waals surface area contributed by atoms with Crippen LogP contribution in [0, 0.1) is 20.8 Å². The number of aromatic amines is 1. The van der Waals surface area contributed by atoms with Gasteiger partial charge in [0.1, 0.15) is 6.04 Å². The van der Waals surface area contributed by atoms with E-state index in [0.717, 1.165) is 23.4 Å². The number of carbonyl (C=O) groups is 1. The maximum Gasteiger partial charge on any atom is 0.244 e. The van der Waals surface area contributed by atoms with Crippen LogP contribution in [0.25, 0.3) is 0 Å². The van der Waals surface area contributed by atoms with Crippen LogP contribution in [0.5, 0.6) is 0 Å². The van der Waals surface area contributed by atoms with Crippen LogP contribution in [-0.4, -0.2) is 53.6 Å². The zero-order chi connectivity index (χ0) is 17.9. The van der Waals surface area contributed by atoms with Crippen molar-refractivity contribution in [2.24, 2.45) is 0 Å². The molecule has 1 aromatic heterocycles. The molecule has 1 heterocycles. The normalized spacial score (nSPS) is 12.5. The van der Waals surface area contributed by atoms with E-state index in [2.05, 4.69) is 29.3 Å². The lowest BCUT2D eigenvalue weighted by Crippen LogP contribution is -2.39. The summed E-state index contributed by atoms with van der Waals surface area (Å²) in [4.78, 5) is 16.7. The Morgan fingerprint density at radius 1 is 1.12 bits per heavy atom. The Hall–Kier alpha value is -2.14. The summed E-state index contributed by atoms with van der Waals surface area (Å²) < 4.78 is 0. The van der Waals surface area contributed by atoms with E-state index in [1.165, 1.54) is 11.1 Å². The van der Waals surface area contributed by atoms with E-state index in [4.69, 9.17) is 0 Å². The predicted octanol–water partition coefficient (Wildman–Crippen LogP) is 2.64. The van der Waals surface area contributed by atoms with E-state index in [0.29, 0.717) is 6.54 Å². The highest BCUT2D eigenvalue weighted by atomic mass is 16.2. The number of nitrogens with zero attached hydrogens (tertiary/aromatic N) is 3. The number of aryl methyl sites for hydroxylation is 3. The molecule has 0 saturated carbocycles. The molecule has 0 aliphatic heterocycles. The molecule has 5 heteroatoms. The van der Waals surface area contributed by atoms with Crippen molar-refractivity contribution in [2.75, 3.05) is 27.7 Å². The Labute approximate surface area is 144 Å². The van der Waals surface area contributed by atoms with E-state index < -0.39 is 0 Å². The molecule has 0 fully saturated rings. The summed E-state index contributed by atoms with van der Waals surface area (Å²) in [5.41, 5.74) is 5.51. The van der Waals surface area contributed by atoms with E-state index in [9.17, 15) is 4.79 Å². The lowest BCUT2D eigenvalue weighted by Gasteiger charge is -2.28. The molecule has 2 rings (SSSR count). The number of aromatic nitrogens is 2. The number of hydrogen-bond acceptors (Lipinski definition) is 3. The molecule has 1 amide bonds. The van der Waals surface area contributed by atoms with Crippen molar-refractivity contribution in [3.8, 4) is 0 Å². The predicted molar refractivity (Wildman–Crippen MR) is 97.0 cm³/mol. The van der Waals surface area contributed by atoms with E-state index in [1.807, 2.05) is 56.9 Å². The first-order valence-corrected chi connectivity index (χ1v) is 8.29. The third-order valence-corrected chi connectivity index (χ3v) is 4.50. The van der Waals surface area contributed by atoms with Crippen molar-refractivity contribution in [2.45, 2.75) is 33.2 Å². The number of benzene rings is 1. The average molecular weight is 328 g/mol. The third-order valence-electron chi connectivity index (χ3n) is 4.50. The first-order valence-electron chi connectivity index (χ1n) is 8.29. The van der Waals surface area contributed by atoms with Crippen molar-refractivity contribution < 1.29 is 4.79 Å². The number of hydrogen-bond donors (Lipinski definition) is 1. The summed E-state index contributed by atoms with van der Waals surface area (Å²) in [6.07, 6.45) is 0.810. The number of rotatable bonds is 6. The smallest absolute Gasteiger partial charge is 0.244 e. The van der Waals surface area contributed by atoms with E-state index in [-0.39, 0.29) is 11.9 Å². The number of amides is 1. The minimum atomic E-state index is -0.262. The second kappa shape index (κ2) is 7.62. The van der Waals surface area contributed by atoms with Crippen LogP contribution < -0.4 is 0 Å². The van der Waals surface area contributed by atoms with Crippen molar-refractivity contribution in [3.05, 3.63) is 52.3 Å². The summed E-state index contributed by atoms with van der Waals surface area (Å²) in [6, 6.07) is 7.92. The van der Waals surface area contributed by atoms with Crippen LogP contribution in [0.3, 0.4) is 0 Å². The van der Waals surface area contributed by atoms with Gasteiger partial charge < -0.3 is 4.90 Å². The lowest BCUT2D eigenvalue weighted by atomic mass is 10.0. The second-order valence-electron chi connectivity index (χ2n) is 6.70. The van der Waals surface area contributed by atoms with Gasteiger partial charge in [0.05, 0.1) is 5.69 Å². The zero-order valence-corrected chi connectivity index (χ0v) is 15.6.